The van der Waals surface area contributed by atoms with Crippen LogP contribution in [0, 0.1) is 34.6 Å². The number of benzene rings is 15. The number of rotatable bonds is 10. The van der Waals surface area contributed by atoms with Crippen molar-refractivity contribution in [3.05, 3.63) is 422 Å². The van der Waals surface area contributed by atoms with Crippen molar-refractivity contribution in [2.24, 2.45) is 0 Å². The molecule has 0 heterocycles. The Morgan fingerprint density at radius 1 is 0.0815 bits per heavy atom. The maximum absolute atomic E-state index is 2.25. The summed E-state index contributed by atoms with van der Waals surface area (Å²) < 4.78 is 0. The van der Waals surface area contributed by atoms with Crippen LogP contribution in [0.25, 0.3) is 111 Å². The van der Waals surface area contributed by atoms with Crippen LogP contribution >= 0.6 is 0 Å². The second-order valence-corrected chi connectivity index (χ2v) is 24.0. The molecular formula is C135H200. The van der Waals surface area contributed by atoms with Crippen LogP contribution in [0.3, 0.4) is 0 Å². The van der Waals surface area contributed by atoms with E-state index in [0.717, 1.165) is 0 Å². The molecule has 0 fully saturated rings. The second kappa shape index (κ2) is 109. The highest BCUT2D eigenvalue weighted by molar-refractivity contribution is 5.84. The van der Waals surface area contributed by atoms with Crippen LogP contribution in [-0.2, 0) is 0 Å². The van der Waals surface area contributed by atoms with Gasteiger partial charge in [0.1, 0.15) is 0 Å². The Morgan fingerprint density at radius 2 is 0.207 bits per heavy atom. The molecular weight excluding hydrogens is 1620 g/mol. The molecule has 0 atom stereocenters. The molecule has 15 aromatic rings. The van der Waals surface area contributed by atoms with E-state index in [-0.39, 0.29) is 0 Å². The Labute approximate surface area is 839 Å². The topological polar surface area (TPSA) is 0 Å². The average Bonchev–Trinajstić information content (AvgIpc) is 0.818. The van der Waals surface area contributed by atoms with Gasteiger partial charge in [-0.05, 0) is 158 Å². The van der Waals surface area contributed by atoms with Gasteiger partial charge in [-0.3, -0.25) is 0 Å². The summed E-state index contributed by atoms with van der Waals surface area (Å²) in [6, 6.07) is 139. The Kier molecular flexibility index (Phi) is 116. The third-order valence-electron chi connectivity index (χ3n) is 16.7. The SMILES string of the molecule is CC.CC.CC.CC.CC.CC.CC.CC.CC.CC.CC.CC.CC.CC.CC.CC.CC.CC.CC.CC.Cc1ccc(-c2ccc(-c3ccccc3)cc2)cc1.Cc1ccc(-c2cccc(-c3ccccc3)c2)cc1.Cc1cccc(-c2ccc(-c3ccccc3)cc2)c1.Cc1cccc(-c2cccc(-c3ccccc3)c2)c1.Cc1cccc(-c2ccccc2-c2ccccc2)c1. The first kappa shape index (κ1) is 144. The van der Waals surface area contributed by atoms with Crippen molar-refractivity contribution in [2.75, 3.05) is 0 Å². The van der Waals surface area contributed by atoms with Gasteiger partial charge in [0.15, 0.2) is 0 Å². The van der Waals surface area contributed by atoms with Gasteiger partial charge in [-0.25, -0.2) is 0 Å². The third kappa shape index (κ3) is 61.8. The maximum Gasteiger partial charge on any atom is -0.0105 e. The van der Waals surface area contributed by atoms with Crippen molar-refractivity contribution >= 4 is 0 Å². The molecule has 0 aromatic heterocycles. The monoisotopic (exact) mass is 1820 g/mol. The van der Waals surface area contributed by atoms with Gasteiger partial charge in [0.25, 0.3) is 0 Å². The molecule has 0 amide bonds. The number of aryl methyl sites for hydroxylation is 5. The molecule has 0 unspecified atom stereocenters. The zero-order chi connectivity index (χ0) is 105. The first-order valence-electron chi connectivity index (χ1n) is 52.8. The molecule has 740 valence electrons. The van der Waals surface area contributed by atoms with E-state index in [4.69, 9.17) is 0 Å². The normalized spacial score (nSPS) is 8.19. The van der Waals surface area contributed by atoms with Gasteiger partial charge >= 0.3 is 0 Å². The molecule has 135 heavy (non-hydrogen) atoms. The molecule has 0 bridgehead atoms. The van der Waals surface area contributed by atoms with Crippen LogP contribution in [0.4, 0.5) is 0 Å². The fourth-order valence-electron chi connectivity index (χ4n) is 11.5. The van der Waals surface area contributed by atoms with Gasteiger partial charge in [0, 0.05) is 0 Å². The summed E-state index contributed by atoms with van der Waals surface area (Å²) in [5, 5.41) is 0. The maximum atomic E-state index is 2.25. The lowest BCUT2D eigenvalue weighted by Gasteiger charge is -2.10. The van der Waals surface area contributed by atoms with Crippen LogP contribution in [0.15, 0.2) is 394 Å². The minimum absolute atomic E-state index is 1.26. The summed E-state index contributed by atoms with van der Waals surface area (Å²) >= 11 is 0. The summed E-state index contributed by atoms with van der Waals surface area (Å²) in [5.41, 5.74) is 31.8. The molecule has 15 rings (SSSR count). The number of hydrogen-bond acceptors (Lipinski definition) is 0. The van der Waals surface area contributed by atoms with E-state index >= 15 is 0 Å². The largest absolute Gasteiger partial charge is 0.0683 e. The van der Waals surface area contributed by atoms with Crippen molar-refractivity contribution in [3.63, 3.8) is 0 Å². The third-order valence-corrected chi connectivity index (χ3v) is 16.7. The van der Waals surface area contributed by atoms with Crippen molar-refractivity contribution in [1.29, 1.82) is 0 Å². The highest BCUT2D eigenvalue weighted by Crippen LogP contribution is 2.34. The molecule has 0 saturated carbocycles. The average molecular weight is 1820 g/mol. The summed E-state index contributed by atoms with van der Waals surface area (Å²) in [5.74, 6) is 0. The predicted octanol–water partition coefficient (Wildman–Crippen LogP) is 47.2. The molecule has 0 heteroatoms. The van der Waals surface area contributed by atoms with E-state index in [1.54, 1.807) is 0 Å². The lowest BCUT2D eigenvalue weighted by atomic mass is 9.94. The Bertz CT molecular complexity index is 4780. The van der Waals surface area contributed by atoms with Crippen molar-refractivity contribution in [3.8, 4) is 111 Å². The molecule has 0 spiro atoms. The van der Waals surface area contributed by atoms with Gasteiger partial charge in [-0.1, -0.05) is 687 Å². The smallest absolute Gasteiger partial charge is 0.0105 e. The zero-order valence-electron chi connectivity index (χ0n) is 95.0. The summed E-state index contributed by atoms with van der Waals surface area (Å²) in [7, 11) is 0. The molecule has 0 aliphatic carbocycles. The highest BCUT2D eigenvalue weighted by atomic mass is 14.1. The Hall–Kier alpha value is -11.7. The van der Waals surface area contributed by atoms with E-state index in [1.807, 2.05) is 301 Å². The molecule has 0 aliphatic rings. The van der Waals surface area contributed by atoms with Gasteiger partial charge in [-0.15, -0.1) is 0 Å². The van der Waals surface area contributed by atoms with Crippen LogP contribution in [0.1, 0.15) is 305 Å². The van der Waals surface area contributed by atoms with Gasteiger partial charge in [-0.2, -0.15) is 0 Å². The first-order valence-corrected chi connectivity index (χ1v) is 52.8. The van der Waals surface area contributed by atoms with E-state index in [0.29, 0.717) is 0 Å². The first-order chi connectivity index (χ1) is 66.6. The van der Waals surface area contributed by atoms with Crippen molar-refractivity contribution in [2.45, 2.75) is 312 Å². The van der Waals surface area contributed by atoms with Crippen molar-refractivity contribution < 1.29 is 0 Å². The van der Waals surface area contributed by atoms with E-state index < -0.39 is 0 Å². The van der Waals surface area contributed by atoms with Crippen LogP contribution in [0.2, 0.25) is 0 Å². The standard InChI is InChI=1S/5C19H16.20C2H6/c1-15-7-5-10-17(13-15)19-12-6-11-18(14-19)16-8-3-2-4-9-16;1-15-8-7-11-17(14-15)19-13-6-5-12-18(19)16-9-3-2-4-10-16;1-15-6-5-9-19(14-15)18-12-10-17(11-13-18)16-7-3-2-4-8-16;1-15-10-12-17(13-11-15)19-9-5-8-18(14-19)16-6-3-2-4-7-16;1-15-7-9-17(10-8-15)19-13-11-18(12-14-19)16-5-3-2-4-6-16;20*1-2/h5*2-14H,1H3;20*1-2H3. The molecule has 0 saturated heterocycles. The molecule has 15 aromatic carbocycles. The van der Waals surface area contributed by atoms with Crippen LogP contribution in [-0.4, -0.2) is 0 Å². The Morgan fingerprint density at radius 3 is 0.430 bits per heavy atom. The molecule has 0 radical (unpaired) electrons. The van der Waals surface area contributed by atoms with Gasteiger partial charge in [0.05, 0.1) is 0 Å². The zero-order valence-corrected chi connectivity index (χ0v) is 95.0. The second-order valence-electron chi connectivity index (χ2n) is 24.0. The van der Waals surface area contributed by atoms with E-state index in [2.05, 4.69) is 405 Å². The summed E-state index contributed by atoms with van der Waals surface area (Å²) in [6.07, 6.45) is 0. The predicted molar refractivity (Wildman–Crippen MR) is 637 cm³/mol. The Balaban J connectivity index is -0.000000165. The molecule has 0 nitrogen and oxygen atoms in total. The van der Waals surface area contributed by atoms with E-state index in [1.165, 1.54) is 139 Å². The quantitative estimate of drug-likeness (QED) is 0.128. The fourth-order valence-corrected chi connectivity index (χ4v) is 11.5. The summed E-state index contributed by atoms with van der Waals surface area (Å²) in [6.45, 7) is 90.6. The van der Waals surface area contributed by atoms with Gasteiger partial charge < -0.3 is 0 Å². The van der Waals surface area contributed by atoms with E-state index in [9.17, 15) is 0 Å². The summed E-state index contributed by atoms with van der Waals surface area (Å²) in [4.78, 5) is 0. The lowest BCUT2D eigenvalue weighted by molar-refractivity contribution is 1.46. The van der Waals surface area contributed by atoms with Crippen LogP contribution in [0.5, 0.6) is 0 Å². The highest BCUT2D eigenvalue weighted by Gasteiger charge is 2.09. The minimum atomic E-state index is 1.26. The fraction of sp³-hybridized carbons (Fsp3) is 0.333. The van der Waals surface area contributed by atoms with Gasteiger partial charge in [0.2, 0.25) is 0 Å². The van der Waals surface area contributed by atoms with Crippen LogP contribution < -0.4 is 0 Å². The lowest BCUT2D eigenvalue weighted by Crippen LogP contribution is -1.85. The minimum Gasteiger partial charge on any atom is -0.0683 e. The van der Waals surface area contributed by atoms with Crippen molar-refractivity contribution in [1.82, 2.24) is 0 Å². The molecule has 0 aliphatic heterocycles. The number of hydrogen-bond donors (Lipinski definition) is 0. The molecule has 0 N–H and O–H groups in total.